The van der Waals surface area contributed by atoms with Crippen LogP contribution in [0.25, 0.3) is 6.08 Å². The summed E-state index contributed by atoms with van der Waals surface area (Å²) in [5.41, 5.74) is 1.93. The van der Waals surface area contributed by atoms with E-state index in [1.165, 1.54) is 7.11 Å². The van der Waals surface area contributed by atoms with Gasteiger partial charge in [-0.15, -0.1) is 0 Å². The lowest BCUT2D eigenvalue weighted by atomic mass is 9.98. The van der Waals surface area contributed by atoms with Crippen molar-refractivity contribution in [2.45, 2.75) is 5.92 Å². The topological polar surface area (TPSA) is 58.9 Å². The van der Waals surface area contributed by atoms with Gasteiger partial charge in [0.2, 0.25) is 0 Å². The Morgan fingerprint density at radius 1 is 1.14 bits per heavy atom. The average molecular weight is 284 g/mol. The summed E-state index contributed by atoms with van der Waals surface area (Å²) in [6.45, 7) is 0.459. The highest BCUT2D eigenvalue weighted by molar-refractivity contribution is 5.61. The number of hydrogen-bond donors (Lipinski definition) is 2. The third-order valence-corrected chi connectivity index (χ3v) is 3.56. The minimum Gasteiger partial charge on any atom is -0.508 e. The van der Waals surface area contributed by atoms with Gasteiger partial charge in [-0.1, -0.05) is 18.2 Å². The number of rotatable bonds is 2. The lowest BCUT2D eigenvalue weighted by Crippen LogP contribution is -2.07. The number of phenols is 2. The van der Waals surface area contributed by atoms with E-state index in [4.69, 9.17) is 9.47 Å². The van der Waals surface area contributed by atoms with Gasteiger partial charge >= 0.3 is 0 Å². The molecule has 1 atom stereocenters. The summed E-state index contributed by atoms with van der Waals surface area (Å²) < 4.78 is 10.9. The van der Waals surface area contributed by atoms with Crippen LogP contribution in [0.3, 0.4) is 0 Å². The monoisotopic (exact) mass is 284 g/mol. The van der Waals surface area contributed by atoms with Crippen LogP contribution in [0.5, 0.6) is 23.0 Å². The summed E-state index contributed by atoms with van der Waals surface area (Å²) >= 11 is 0. The molecule has 1 aliphatic rings. The molecule has 0 aliphatic carbocycles. The Balaban J connectivity index is 1.90. The van der Waals surface area contributed by atoms with Crippen molar-refractivity contribution in [2.75, 3.05) is 13.7 Å². The number of hydrogen-bond acceptors (Lipinski definition) is 4. The van der Waals surface area contributed by atoms with E-state index in [0.717, 1.165) is 11.1 Å². The van der Waals surface area contributed by atoms with Crippen LogP contribution in [-0.4, -0.2) is 23.9 Å². The molecule has 0 saturated carbocycles. The molecule has 2 N–H and O–H groups in total. The van der Waals surface area contributed by atoms with Crippen molar-refractivity contribution in [1.29, 1.82) is 0 Å². The number of aromatic hydroxyl groups is 2. The Labute approximate surface area is 122 Å². The van der Waals surface area contributed by atoms with Gasteiger partial charge in [0.1, 0.15) is 11.5 Å². The van der Waals surface area contributed by atoms with Crippen LogP contribution in [0.4, 0.5) is 0 Å². The van der Waals surface area contributed by atoms with Crippen LogP contribution in [0.1, 0.15) is 17.0 Å². The number of fused-ring (bicyclic) bond motifs is 1. The second kappa shape index (κ2) is 5.40. The van der Waals surface area contributed by atoms with E-state index in [1.807, 2.05) is 18.2 Å². The van der Waals surface area contributed by atoms with Gasteiger partial charge in [-0.2, -0.15) is 0 Å². The van der Waals surface area contributed by atoms with Gasteiger partial charge in [-0.3, -0.25) is 0 Å². The quantitative estimate of drug-likeness (QED) is 0.888. The number of benzene rings is 2. The standard InChI is InChI=1S/C17H16O4/c1-20-17-8-12(5-7-15(17)19)13-3-2-11-4-6-14(18)9-16(11)21-10-13/h2-9,13,18-19H,10H2,1H3. The fourth-order valence-electron chi connectivity index (χ4n) is 2.37. The highest BCUT2D eigenvalue weighted by Gasteiger charge is 2.16. The molecule has 0 aromatic heterocycles. The van der Waals surface area contributed by atoms with Crippen molar-refractivity contribution in [3.63, 3.8) is 0 Å². The van der Waals surface area contributed by atoms with Crippen molar-refractivity contribution in [2.24, 2.45) is 0 Å². The average Bonchev–Trinajstić information content (AvgIpc) is 2.70. The summed E-state index contributed by atoms with van der Waals surface area (Å²) in [5.74, 6) is 1.47. The maximum Gasteiger partial charge on any atom is 0.160 e. The summed E-state index contributed by atoms with van der Waals surface area (Å²) in [5, 5.41) is 19.2. The maximum absolute atomic E-state index is 9.66. The van der Waals surface area contributed by atoms with Crippen LogP contribution in [0.15, 0.2) is 42.5 Å². The highest BCUT2D eigenvalue weighted by atomic mass is 16.5. The van der Waals surface area contributed by atoms with Gasteiger partial charge in [0.05, 0.1) is 13.7 Å². The maximum atomic E-state index is 9.66. The van der Waals surface area contributed by atoms with Crippen LogP contribution in [0, 0.1) is 0 Å². The zero-order valence-corrected chi connectivity index (χ0v) is 11.6. The van der Waals surface area contributed by atoms with Gasteiger partial charge in [-0.25, -0.2) is 0 Å². The second-order valence-corrected chi connectivity index (χ2v) is 4.93. The molecule has 2 aromatic rings. The molecule has 0 bridgehead atoms. The van der Waals surface area contributed by atoms with Gasteiger partial charge in [-0.05, 0) is 29.8 Å². The summed E-state index contributed by atoms with van der Waals surface area (Å²) in [4.78, 5) is 0. The summed E-state index contributed by atoms with van der Waals surface area (Å²) in [6.07, 6.45) is 4.03. The van der Waals surface area contributed by atoms with Crippen molar-refractivity contribution < 1.29 is 19.7 Å². The van der Waals surface area contributed by atoms with Gasteiger partial charge < -0.3 is 19.7 Å². The molecule has 1 unspecified atom stereocenters. The molecule has 2 aromatic carbocycles. The first-order valence-electron chi connectivity index (χ1n) is 6.68. The fourth-order valence-corrected chi connectivity index (χ4v) is 2.37. The molecule has 0 amide bonds. The molecule has 4 heteroatoms. The Bertz CT molecular complexity index is 691. The SMILES string of the molecule is COc1cc(C2C=Cc3ccc(O)cc3OC2)ccc1O. The Hall–Kier alpha value is -2.62. The van der Waals surface area contributed by atoms with E-state index in [-0.39, 0.29) is 17.4 Å². The predicted octanol–water partition coefficient (Wildman–Crippen LogP) is 3.30. The van der Waals surface area contributed by atoms with Crippen molar-refractivity contribution in [3.05, 3.63) is 53.6 Å². The minimum atomic E-state index is 0.0500. The largest absolute Gasteiger partial charge is 0.508 e. The lowest BCUT2D eigenvalue weighted by molar-refractivity contribution is 0.306. The van der Waals surface area contributed by atoms with Gasteiger partial charge in [0.25, 0.3) is 0 Å². The fraction of sp³-hybridized carbons (Fsp3) is 0.176. The third kappa shape index (κ3) is 2.65. The Morgan fingerprint density at radius 3 is 2.81 bits per heavy atom. The molecule has 1 heterocycles. The molecule has 108 valence electrons. The van der Waals surface area contributed by atoms with E-state index < -0.39 is 0 Å². The van der Waals surface area contributed by atoms with E-state index in [1.54, 1.807) is 24.3 Å². The number of ether oxygens (including phenoxy) is 2. The zero-order valence-electron chi connectivity index (χ0n) is 11.6. The molecular weight excluding hydrogens is 268 g/mol. The van der Waals surface area contributed by atoms with E-state index >= 15 is 0 Å². The van der Waals surface area contributed by atoms with E-state index in [0.29, 0.717) is 18.1 Å². The Morgan fingerprint density at radius 2 is 2.00 bits per heavy atom. The molecule has 3 rings (SSSR count). The lowest BCUT2D eigenvalue weighted by Gasteiger charge is -2.14. The summed E-state index contributed by atoms with van der Waals surface area (Å²) in [7, 11) is 1.52. The smallest absolute Gasteiger partial charge is 0.160 e. The molecule has 0 radical (unpaired) electrons. The van der Waals surface area contributed by atoms with Gasteiger partial charge in [0, 0.05) is 17.5 Å². The molecule has 0 fully saturated rings. The second-order valence-electron chi connectivity index (χ2n) is 4.93. The first kappa shape index (κ1) is 13.4. The van der Waals surface area contributed by atoms with Crippen LogP contribution in [0.2, 0.25) is 0 Å². The van der Waals surface area contributed by atoms with E-state index in [2.05, 4.69) is 6.08 Å². The highest BCUT2D eigenvalue weighted by Crippen LogP contribution is 2.34. The normalized spacial score (nSPS) is 16.7. The van der Waals surface area contributed by atoms with Crippen LogP contribution >= 0.6 is 0 Å². The summed E-state index contributed by atoms with van der Waals surface area (Å²) in [6, 6.07) is 10.3. The molecule has 0 saturated heterocycles. The minimum absolute atomic E-state index is 0.0500. The molecule has 1 aliphatic heterocycles. The van der Waals surface area contributed by atoms with Crippen LogP contribution in [-0.2, 0) is 0 Å². The molecule has 21 heavy (non-hydrogen) atoms. The third-order valence-electron chi connectivity index (χ3n) is 3.56. The zero-order chi connectivity index (χ0) is 14.8. The number of phenolic OH excluding ortho intramolecular Hbond substituents is 2. The molecule has 4 nitrogen and oxygen atoms in total. The van der Waals surface area contributed by atoms with Crippen molar-refractivity contribution in [1.82, 2.24) is 0 Å². The van der Waals surface area contributed by atoms with E-state index in [9.17, 15) is 10.2 Å². The number of methoxy groups -OCH3 is 1. The first-order chi connectivity index (χ1) is 10.2. The first-order valence-corrected chi connectivity index (χ1v) is 6.68. The molecule has 0 spiro atoms. The van der Waals surface area contributed by atoms with Crippen LogP contribution < -0.4 is 9.47 Å². The van der Waals surface area contributed by atoms with Gasteiger partial charge in [0.15, 0.2) is 11.5 Å². The van der Waals surface area contributed by atoms with Crippen molar-refractivity contribution >= 4 is 6.08 Å². The molecular formula is C17H16O4. The Kier molecular flexibility index (Phi) is 3.44. The van der Waals surface area contributed by atoms with Crippen molar-refractivity contribution in [3.8, 4) is 23.0 Å². The predicted molar refractivity (Wildman–Crippen MR) is 80.0 cm³/mol.